The highest BCUT2D eigenvalue weighted by molar-refractivity contribution is 5.95. The summed E-state index contributed by atoms with van der Waals surface area (Å²) in [7, 11) is 0. The molecule has 2 aromatic carbocycles. The number of nitrogens with two attached hydrogens (primary N) is 1. The number of hydrogen-bond acceptors (Lipinski definition) is 4. The van der Waals surface area contributed by atoms with Crippen LogP contribution in [0.4, 0.5) is 0 Å². The molecule has 2 aromatic heterocycles. The van der Waals surface area contributed by atoms with Crippen LogP contribution in [-0.4, -0.2) is 15.9 Å². The monoisotopic (exact) mass is 350 g/mol. The highest BCUT2D eigenvalue weighted by Crippen LogP contribution is 2.30. The van der Waals surface area contributed by atoms with Crippen molar-refractivity contribution in [3.8, 4) is 28.6 Å². The number of rotatable bonds is 3. The lowest BCUT2D eigenvalue weighted by Crippen LogP contribution is -2.10. The Morgan fingerprint density at radius 2 is 1.78 bits per heavy atom. The van der Waals surface area contributed by atoms with Crippen molar-refractivity contribution in [2.45, 2.75) is 0 Å². The summed E-state index contributed by atoms with van der Waals surface area (Å²) in [6.45, 7) is 0. The Morgan fingerprint density at radius 1 is 0.963 bits per heavy atom. The molecule has 0 radical (unpaired) electrons. The van der Waals surface area contributed by atoms with E-state index in [-0.39, 0.29) is 0 Å². The first-order valence-electron chi connectivity index (χ1n) is 8.32. The van der Waals surface area contributed by atoms with E-state index in [1.165, 1.54) is 0 Å². The lowest BCUT2D eigenvalue weighted by atomic mass is 10.0. The minimum atomic E-state index is -0.466. The lowest BCUT2D eigenvalue weighted by molar-refractivity contribution is 0.100. The van der Waals surface area contributed by atoms with E-state index in [0.29, 0.717) is 16.8 Å². The van der Waals surface area contributed by atoms with Gasteiger partial charge in [0.25, 0.3) is 0 Å². The summed E-state index contributed by atoms with van der Waals surface area (Å²) < 4.78 is 0. The maximum atomic E-state index is 11.3. The second-order valence-electron chi connectivity index (χ2n) is 6.07. The van der Waals surface area contributed by atoms with E-state index in [1.807, 2.05) is 42.5 Å². The molecule has 0 saturated heterocycles. The zero-order valence-electron chi connectivity index (χ0n) is 14.3. The van der Waals surface area contributed by atoms with Crippen LogP contribution in [0.3, 0.4) is 0 Å². The molecular formula is C22H14N4O. The van der Waals surface area contributed by atoms with Gasteiger partial charge in [-0.05, 0) is 36.4 Å². The molecule has 0 fully saturated rings. The molecule has 0 spiro atoms. The standard InChI is InChI=1S/C22H14N4O/c23-13-14-3-1-4-17(11-14)21-20-18(5-2-10-25-20)12-19(26-21)15-6-8-16(9-7-15)22(24)27/h1-12H,(H2,24,27). The van der Waals surface area contributed by atoms with E-state index in [9.17, 15) is 10.1 Å². The van der Waals surface area contributed by atoms with Gasteiger partial charge in [0.2, 0.25) is 5.91 Å². The van der Waals surface area contributed by atoms with Crippen molar-refractivity contribution in [1.29, 1.82) is 5.26 Å². The van der Waals surface area contributed by atoms with E-state index in [4.69, 9.17) is 10.7 Å². The first-order chi connectivity index (χ1) is 13.2. The molecule has 5 heteroatoms. The number of aromatic nitrogens is 2. The Hall–Kier alpha value is -4.04. The lowest BCUT2D eigenvalue weighted by Gasteiger charge is -2.10. The molecule has 0 aliphatic carbocycles. The molecule has 0 bridgehead atoms. The van der Waals surface area contributed by atoms with Gasteiger partial charge >= 0.3 is 0 Å². The van der Waals surface area contributed by atoms with Gasteiger partial charge in [-0.3, -0.25) is 9.78 Å². The van der Waals surface area contributed by atoms with E-state index in [2.05, 4.69) is 11.1 Å². The Balaban J connectivity index is 1.93. The number of nitrogens with zero attached hydrogens (tertiary/aromatic N) is 3. The third kappa shape index (κ3) is 3.12. The molecule has 27 heavy (non-hydrogen) atoms. The van der Waals surface area contributed by atoms with E-state index < -0.39 is 5.91 Å². The third-order valence-electron chi connectivity index (χ3n) is 4.32. The summed E-state index contributed by atoms with van der Waals surface area (Å²) in [4.78, 5) is 20.6. The van der Waals surface area contributed by atoms with Gasteiger partial charge in [0.15, 0.2) is 0 Å². The molecule has 4 aromatic rings. The zero-order valence-corrected chi connectivity index (χ0v) is 14.3. The number of hydrogen-bond donors (Lipinski definition) is 1. The second kappa shape index (κ2) is 6.70. The fraction of sp³-hybridized carbons (Fsp3) is 0. The number of fused-ring (bicyclic) bond motifs is 1. The molecule has 0 saturated carbocycles. The Morgan fingerprint density at radius 3 is 2.52 bits per heavy atom. The maximum absolute atomic E-state index is 11.3. The highest BCUT2D eigenvalue weighted by atomic mass is 16.1. The average molecular weight is 350 g/mol. The number of benzene rings is 2. The van der Waals surface area contributed by atoms with Gasteiger partial charge < -0.3 is 5.73 Å². The van der Waals surface area contributed by atoms with Crippen molar-refractivity contribution in [3.63, 3.8) is 0 Å². The Bertz CT molecular complexity index is 1210. The van der Waals surface area contributed by atoms with Crippen LogP contribution in [0.15, 0.2) is 72.9 Å². The van der Waals surface area contributed by atoms with Gasteiger partial charge in [0.1, 0.15) is 0 Å². The summed E-state index contributed by atoms with van der Waals surface area (Å²) in [6, 6.07) is 22.3. The van der Waals surface area contributed by atoms with Gasteiger partial charge in [-0.2, -0.15) is 5.26 Å². The van der Waals surface area contributed by atoms with Gasteiger partial charge in [-0.1, -0.05) is 30.3 Å². The first-order valence-corrected chi connectivity index (χ1v) is 8.32. The van der Waals surface area contributed by atoms with Crippen molar-refractivity contribution in [2.75, 3.05) is 0 Å². The molecule has 1 amide bonds. The number of carbonyl (C=O) groups excluding carboxylic acids is 1. The normalized spacial score (nSPS) is 10.5. The second-order valence-corrected chi connectivity index (χ2v) is 6.07. The fourth-order valence-electron chi connectivity index (χ4n) is 2.98. The predicted molar refractivity (Wildman–Crippen MR) is 104 cm³/mol. The molecule has 0 aliphatic rings. The molecule has 2 N–H and O–H groups in total. The van der Waals surface area contributed by atoms with Gasteiger partial charge in [-0.25, -0.2) is 4.98 Å². The summed E-state index contributed by atoms with van der Waals surface area (Å²) in [5.74, 6) is -0.466. The first kappa shape index (κ1) is 16.4. The Kier molecular flexibility index (Phi) is 4.07. The van der Waals surface area contributed by atoms with Crippen LogP contribution in [0.25, 0.3) is 33.4 Å². The van der Waals surface area contributed by atoms with Gasteiger partial charge in [0, 0.05) is 28.3 Å². The van der Waals surface area contributed by atoms with Crippen LogP contribution in [0.5, 0.6) is 0 Å². The van der Waals surface area contributed by atoms with E-state index in [1.54, 1.807) is 30.5 Å². The quantitative estimate of drug-likeness (QED) is 0.606. The molecule has 128 valence electrons. The van der Waals surface area contributed by atoms with Crippen molar-refractivity contribution in [2.24, 2.45) is 5.73 Å². The van der Waals surface area contributed by atoms with Gasteiger partial charge in [-0.15, -0.1) is 0 Å². The van der Waals surface area contributed by atoms with Crippen LogP contribution >= 0.6 is 0 Å². The number of nitriles is 1. The summed E-state index contributed by atoms with van der Waals surface area (Å²) >= 11 is 0. The molecule has 5 nitrogen and oxygen atoms in total. The SMILES string of the molecule is N#Cc1cccc(-c2nc(-c3ccc(C(N)=O)cc3)cc3cccnc23)c1. The van der Waals surface area contributed by atoms with Crippen molar-refractivity contribution >= 4 is 16.8 Å². The van der Waals surface area contributed by atoms with Crippen molar-refractivity contribution in [3.05, 3.63) is 84.1 Å². The zero-order chi connectivity index (χ0) is 18.8. The van der Waals surface area contributed by atoms with Crippen LogP contribution in [0.2, 0.25) is 0 Å². The van der Waals surface area contributed by atoms with Crippen molar-refractivity contribution in [1.82, 2.24) is 9.97 Å². The molecule has 0 aliphatic heterocycles. The molecule has 4 rings (SSSR count). The summed E-state index contributed by atoms with van der Waals surface area (Å²) in [6.07, 6.45) is 1.73. The third-order valence-corrected chi connectivity index (χ3v) is 4.32. The molecule has 0 unspecified atom stereocenters. The summed E-state index contributed by atoms with van der Waals surface area (Å²) in [5.41, 5.74) is 10.2. The van der Waals surface area contributed by atoms with Crippen LogP contribution in [0.1, 0.15) is 15.9 Å². The molecule has 2 heterocycles. The smallest absolute Gasteiger partial charge is 0.248 e. The van der Waals surface area contributed by atoms with Crippen LogP contribution < -0.4 is 5.73 Å². The largest absolute Gasteiger partial charge is 0.366 e. The fourth-order valence-corrected chi connectivity index (χ4v) is 2.98. The Labute approximate surface area is 155 Å². The van der Waals surface area contributed by atoms with Crippen molar-refractivity contribution < 1.29 is 4.79 Å². The maximum Gasteiger partial charge on any atom is 0.248 e. The number of carbonyl (C=O) groups is 1. The van der Waals surface area contributed by atoms with Gasteiger partial charge in [0.05, 0.1) is 28.5 Å². The molecule has 0 atom stereocenters. The molecular weight excluding hydrogens is 336 g/mol. The topological polar surface area (TPSA) is 92.7 Å². The predicted octanol–water partition coefficient (Wildman–Crippen LogP) is 3.93. The van der Waals surface area contributed by atoms with E-state index >= 15 is 0 Å². The highest BCUT2D eigenvalue weighted by Gasteiger charge is 2.12. The number of primary amides is 1. The van der Waals surface area contributed by atoms with Crippen LogP contribution in [0, 0.1) is 11.3 Å². The van der Waals surface area contributed by atoms with Crippen LogP contribution in [-0.2, 0) is 0 Å². The number of pyridine rings is 2. The van der Waals surface area contributed by atoms with E-state index in [0.717, 1.165) is 27.7 Å². The average Bonchev–Trinajstić information content (AvgIpc) is 2.73. The minimum Gasteiger partial charge on any atom is -0.366 e. The summed E-state index contributed by atoms with van der Waals surface area (Å²) in [5, 5.41) is 10.1. The minimum absolute atomic E-state index is 0.447. The number of amides is 1.